The van der Waals surface area contributed by atoms with Gasteiger partial charge in [-0.1, -0.05) is 24.3 Å². The molecule has 2 nitrogen and oxygen atoms in total. The Morgan fingerprint density at radius 2 is 1.75 bits per heavy atom. The van der Waals surface area contributed by atoms with Gasteiger partial charge in [0.1, 0.15) is 0 Å². The van der Waals surface area contributed by atoms with Gasteiger partial charge in [0.15, 0.2) is 0 Å². The lowest BCUT2D eigenvalue weighted by Crippen LogP contribution is -2.48. The van der Waals surface area contributed by atoms with Gasteiger partial charge < -0.3 is 5.32 Å². The van der Waals surface area contributed by atoms with Gasteiger partial charge in [0.2, 0.25) is 0 Å². The minimum Gasteiger partial charge on any atom is -0.317 e. The summed E-state index contributed by atoms with van der Waals surface area (Å²) in [6.07, 6.45) is 11.5. The van der Waals surface area contributed by atoms with Crippen molar-refractivity contribution in [3.8, 4) is 0 Å². The Labute approximate surface area is 147 Å². The van der Waals surface area contributed by atoms with E-state index < -0.39 is 0 Å². The Morgan fingerprint density at radius 1 is 1.00 bits per heavy atom. The molecule has 4 aliphatic rings. The Bertz CT molecular complexity index is 577. The monoisotopic (exact) mass is 324 g/mol. The molecule has 1 aromatic carbocycles. The first-order valence-corrected chi connectivity index (χ1v) is 10.4. The third-order valence-electron chi connectivity index (χ3n) is 7.34. The van der Waals surface area contributed by atoms with Crippen LogP contribution in [0, 0.1) is 11.3 Å². The third kappa shape index (κ3) is 2.82. The lowest BCUT2D eigenvalue weighted by Gasteiger charge is -2.52. The van der Waals surface area contributed by atoms with Gasteiger partial charge in [-0.15, -0.1) is 0 Å². The van der Waals surface area contributed by atoms with Crippen molar-refractivity contribution < 1.29 is 0 Å². The van der Waals surface area contributed by atoms with Crippen molar-refractivity contribution in [3.63, 3.8) is 0 Å². The zero-order valence-corrected chi connectivity index (χ0v) is 15.0. The van der Waals surface area contributed by atoms with E-state index in [0.29, 0.717) is 6.04 Å². The Kier molecular flexibility index (Phi) is 3.94. The number of nitrogens with zero attached hydrogens (tertiary/aromatic N) is 1. The maximum atomic E-state index is 3.54. The first kappa shape index (κ1) is 15.4. The molecular weight excluding hydrogens is 292 g/mol. The normalized spacial score (nSPS) is 30.6. The smallest absolute Gasteiger partial charge is 0.0351 e. The molecule has 0 aromatic heterocycles. The molecule has 130 valence electrons. The van der Waals surface area contributed by atoms with Gasteiger partial charge in [-0.3, -0.25) is 4.90 Å². The van der Waals surface area contributed by atoms with Crippen LogP contribution < -0.4 is 5.32 Å². The molecule has 2 heterocycles. The van der Waals surface area contributed by atoms with E-state index in [1.165, 1.54) is 77.5 Å². The molecule has 1 spiro atoms. The van der Waals surface area contributed by atoms with Gasteiger partial charge in [0.05, 0.1) is 0 Å². The van der Waals surface area contributed by atoms with Gasteiger partial charge in [0, 0.05) is 12.6 Å². The van der Waals surface area contributed by atoms with Crippen molar-refractivity contribution in [2.45, 2.75) is 63.3 Å². The zero-order chi connectivity index (χ0) is 16.0. The molecule has 0 amide bonds. The predicted octanol–water partition coefficient (Wildman–Crippen LogP) is 4.48. The molecule has 1 N–H and O–H groups in total. The van der Waals surface area contributed by atoms with E-state index in [0.717, 1.165) is 17.3 Å². The highest BCUT2D eigenvalue weighted by Gasteiger charge is 2.45. The van der Waals surface area contributed by atoms with E-state index in [4.69, 9.17) is 0 Å². The summed E-state index contributed by atoms with van der Waals surface area (Å²) in [7, 11) is 0. The Balaban J connectivity index is 1.26. The number of hydrogen-bond donors (Lipinski definition) is 1. The fourth-order valence-electron chi connectivity index (χ4n) is 5.97. The van der Waals surface area contributed by atoms with Crippen LogP contribution in [0.2, 0.25) is 0 Å². The molecule has 2 saturated heterocycles. The minimum absolute atomic E-state index is 0.714. The standard InChI is InChI=1S/C22H32N2/c1-2-5-20(19(4-1)18-7-8-18)21-6-3-13-24(21)16-17-14-22(15-17)9-11-23-12-10-22/h1-2,4-5,17-18,21,23H,3,6-16H2/t21-/m0/s1. The van der Waals surface area contributed by atoms with E-state index in [9.17, 15) is 0 Å². The van der Waals surface area contributed by atoms with Crippen LogP contribution in [0.25, 0.3) is 0 Å². The number of benzene rings is 1. The van der Waals surface area contributed by atoms with Crippen molar-refractivity contribution in [2.24, 2.45) is 11.3 Å². The average molecular weight is 325 g/mol. The van der Waals surface area contributed by atoms with Gasteiger partial charge in [0.25, 0.3) is 0 Å². The number of rotatable bonds is 4. The first-order chi connectivity index (χ1) is 11.8. The highest BCUT2D eigenvalue weighted by molar-refractivity contribution is 5.36. The number of piperidine rings is 1. The lowest BCUT2D eigenvalue weighted by molar-refractivity contribution is 0.000382. The van der Waals surface area contributed by atoms with E-state index in [1.54, 1.807) is 11.1 Å². The van der Waals surface area contributed by atoms with Crippen LogP contribution in [0.5, 0.6) is 0 Å². The van der Waals surface area contributed by atoms with Crippen LogP contribution in [0.4, 0.5) is 0 Å². The second-order valence-electron chi connectivity index (χ2n) is 9.08. The summed E-state index contributed by atoms with van der Waals surface area (Å²) >= 11 is 0. The van der Waals surface area contributed by atoms with Crippen molar-refractivity contribution in [1.29, 1.82) is 0 Å². The van der Waals surface area contributed by atoms with Crippen molar-refractivity contribution >= 4 is 0 Å². The van der Waals surface area contributed by atoms with Gasteiger partial charge >= 0.3 is 0 Å². The fourth-order valence-corrected chi connectivity index (χ4v) is 5.97. The summed E-state index contributed by atoms with van der Waals surface area (Å²) in [6, 6.07) is 10.1. The quantitative estimate of drug-likeness (QED) is 0.878. The van der Waals surface area contributed by atoms with Gasteiger partial charge in [-0.2, -0.15) is 0 Å². The summed E-state index contributed by atoms with van der Waals surface area (Å²) in [4.78, 5) is 2.85. The van der Waals surface area contributed by atoms with Crippen molar-refractivity contribution in [2.75, 3.05) is 26.2 Å². The Hall–Kier alpha value is -0.860. The van der Waals surface area contributed by atoms with Gasteiger partial charge in [-0.05, 0) is 99.4 Å². The van der Waals surface area contributed by atoms with Crippen LogP contribution in [0.3, 0.4) is 0 Å². The average Bonchev–Trinajstić information content (AvgIpc) is 3.34. The molecule has 1 atom stereocenters. The van der Waals surface area contributed by atoms with E-state index >= 15 is 0 Å². The number of likely N-dealkylation sites (tertiary alicyclic amines) is 1. The molecule has 24 heavy (non-hydrogen) atoms. The summed E-state index contributed by atoms with van der Waals surface area (Å²) in [5, 5.41) is 3.54. The van der Waals surface area contributed by atoms with Gasteiger partial charge in [-0.25, -0.2) is 0 Å². The largest absolute Gasteiger partial charge is 0.317 e. The maximum absolute atomic E-state index is 3.54. The van der Waals surface area contributed by atoms with E-state index in [-0.39, 0.29) is 0 Å². The summed E-state index contributed by atoms with van der Waals surface area (Å²) in [5.41, 5.74) is 4.09. The van der Waals surface area contributed by atoms with Crippen molar-refractivity contribution in [3.05, 3.63) is 35.4 Å². The highest BCUT2D eigenvalue weighted by atomic mass is 15.2. The van der Waals surface area contributed by atoms with Crippen LogP contribution in [-0.4, -0.2) is 31.1 Å². The molecule has 0 radical (unpaired) electrons. The number of nitrogens with one attached hydrogen (secondary N) is 1. The fraction of sp³-hybridized carbons (Fsp3) is 0.727. The molecule has 4 fully saturated rings. The lowest BCUT2D eigenvalue weighted by atomic mass is 9.57. The summed E-state index contributed by atoms with van der Waals surface area (Å²) in [5.74, 6) is 1.85. The Morgan fingerprint density at radius 3 is 2.50 bits per heavy atom. The molecular formula is C22H32N2. The summed E-state index contributed by atoms with van der Waals surface area (Å²) in [6.45, 7) is 5.20. The van der Waals surface area contributed by atoms with E-state index in [2.05, 4.69) is 34.5 Å². The van der Waals surface area contributed by atoms with Crippen LogP contribution in [0.15, 0.2) is 24.3 Å². The topological polar surface area (TPSA) is 15.3 Å². The van der Waals surface area contributed by atoms with Crippen LogP contribution in [-0.2, 0) is 0 Å². The van der Waals surface area contributed by atoms with Crippen LogP contribution in [0.1, 0.15) is 74.5 Å². The second kappa shape index (κ2) is 6.14. The van der Waals surface area contributed by atoms with E-state index in [1.807, 2.05) is 0 Å². The molecule has 2 aliphatic carbocycles. The molecule has 0 bridgehead atoms. The van der Waals surface area contributed by atoms with Crippen molar-refractivity contribution in [1.82, 2.24) is 10.2 Å². The third-order valence-corrected chi connectivity index (χ3v) is 7.34. The molecule has 2 heteroatoms. The predicted molar refractivity (Wildman–Crippen MR) is 99.2 cm³/mol. The molecule has 0 unspecified atom stereocenters. The van der Waals surface area contributed by atoms with Crippen LogP contribution >= 0.6 is 0 Å². The highest BCUT2D eigenvalue weighted by Crippen LogP contribution is 2.53. The molecule has 2 saturated carbocycles. The second-order valence-corrected chi connectivity index (χ2v) is 9.08. The molecule has 1 aromatic rings. The molecule has 5 rings (SSSR count). The first-order valence-electron chi connectivity index (χ1n) is 10.4. The number of hydrogen-bond acceptors (Lipinski definition) is 2. The molecule has 2 aliphatic heterocycles. The maximum Gasteiger partial charge on any atom is 0.0351 e. The summed E-state index contributed by atoms with van der Waals surface area (Å²) < 4.78 is 0. The zero-order valence-electron chi connectivity index (χ0n) is 15.0. The SMILES string of the molecule is c1ccc([C@@H]2CCCN2CC2CC3(CCNCC3)C2)c(C2CC2)c1. The minimum atomic E-state index is 0.714.